The van der Waals surface area contributed by atoms with Gasteiger partial charge in [-0.3, -0.25) is 14.5 Å². The lowest BCUT2D eigenvalue weighted by Crippen LogP contribution is -2.29. The number of thioether (sulfide) groups is 1. The summed E-state index contributed by atoms with van der Waals surface area (Å²) in [5.41, 5.74) is 0.465. The Balaban J connectivity index is 2.17. The Hall–Kier alpha value is -2.20. The van der Waals surface area contributed by atoms with Crippen molar-refractivity contribution in [2.75, 3.05) is 13.7 Å². The summed E-state index contributed by atoms with van der Waals surface area (Å²) in [5.74, 6) is -1.30. The van der Waals surface area contributed by atoms with E-state index in [4.69, 9.17) is 22.1 Å². The summed E-state index contributed by atoms with van der Waals surface area (Å²) < 4.78 is 34.7. The van der Waals surface area contributed by atoms with Gasteiger partial charge in [-0.15, -0.1) is 0 Å². The second-order valence-corrected chi connectivity index (χ2v) is 6.80. The van der Waals surface area contributed by atoms with Crippen LogP contribution in [0.1, 0.15) is 18.4 Å². The van der Waals surface area contributed by atoms with E-state index in [9.17, 15) is 18.4 Å². The number of carboxylic acids is 1. The summed E-state index contributed by atoms with van der Waals surface area (Å²) in [6.45, 7) is -2.80. The van der Waals surface area contributed by atoms with E-state index in [1.807, 2.05) is 0 Å². The number of hydrogen-bond donors (Lipinski definition) is 1. The lowest BCUT2D eigenvalue weighted by atomic mass is 10.2. The first-order valence-electron chi connectivity index (χ1n) is 7.42. The summed E-state index contributed by atoms with van der Waals surface area (Å²) in [7, 11) is 1.33. The number of aliphatic carboxylic acids is 1. The van der Waals surface area contributed by atoms with E-state index >= 15 is 0 Å². The molecule has 1 heterocycles. The second kappa shape index (κ2) is 8.95. The van der Waals surface area contributed by atoms with Crippen LogP contribution >= 0.6 is 24.0 Å². The van der Waals surface area contributed by atoms with Gasteiger partial charge in [0.15, 0.2) is 11.5 Å². The lowest BCUT2D eigenvalue weighted by molar-refractivity contribution is -0.137. The van der Waals surface area contributed by atoms with Crippen LogP contribution in [0.2, 0.25) is 0 Å². The normalized spacial score (nSPS) is 15.8. The molecule has 1 aromatic carbocycles. The van der Waals surface area contributed by atoms with E-state index in [1.165, 1.54) is 30.2 Å². The Bertz CT molecular complexity index is 754. The van der Waals surface area contributed by atoms with Gasteiger partial charge in [0.05, 0.1) is 12.0 Å². The summed E-state index contributed by atoms with van der Waals surface area (Å²) >= 11 is 6.21. The predicted octanol–water partition coefficient (Wildman–Crippen LogP) is 3.36. The molecule has 1 aliphatic rings. The number of carbonyl (C=O) groups excluding carboxylic acids is 1. The molecule has 26 heavy (non-hydrogen) atoms. The van der Waals surface area contributed by atoms with E-state index in [-0.39, 0.29) is 36.8 Å². The maximum atomic E-state index is 12.5. The standard InChI is InChI=1S/C16H15F2NO5S2/c1-23-10-5-4-9(7-11(10)24-15(17)18)8-12-14(22)19(16(25)26-12)6-2-3-13(20)21/h4-5,7-8,15H,2-3,6H2,1H3,(H,20,21)/b12-8-. The third-order valence-corrected chi connectivity index (χ3v) is 4.73. The fraction of sp³-hybridized carbons (Fsp3) is 0.312. The van der Waals surface area contributed by atoms with Crippen molar-refractivity contribution in [1.29, 1.82) is 0 Å². The third-order valence-electron chi connectivity index (χ3n) is 3.35. The first-order valence-corrected chi connectivity index (χ1v) is 8.64. The molecule has 1 fully saturated rings. The van der Waals surface area contributed by atoms with Crippen molar-refractivity contribution in [1.82, 2.24) is 4.90 Å². The van der Waals surface area contributed by atoms with Crippen molar-refractivity contribution in [2.24, 2.45) is 0 Å². The number of halogens is 2. The maximum absolute atomic E-state index is 12.5. The average Bonchev–Trinajstić information content (AvgIpc) is 2.81. The number of methoxy groups -OCH3 is 1. The number of thiocarbonyl (C=S) groups is 1. The molecule has 1 aromatic rings. The Morgan fingerprint density at radius 3 is 2.77 bits per heavy atom. The minimum atomic E-state index is -3.01. The van der Waals surface area contributed by atoms with Crippen LogP contribution in [-0.2, 0) is 9.59 Å². The third kappa shape index (κ3) is 5.15. The number of nitrogens with zero attached hydrogens (tertiary/aromatic N) is 1. The van der Waals surface area contributed by atoms with Gasteiger partial charge in [0.25, 0.3) is 5.91 Å². The van der Waals surface area contributed by atoms with Crippen molar-refractivity contribution >= 4 is 46.3 Å². The van der Waals surface area contributed by atoms with Crippen LogP contribution in [-0.4, -0.2) is 46.5 Å². The van der Waals surface area contributed by atoms with E-state index in [0.717, 1.165) is 11.8 Å². The van der Waals surface area contributed by atoms with Gasteiger partial charge in [0.2, 0.25) is 0 Å². The van der Waals surface area contributed by atoms with Crippen LogP contribution in [0.25, 0.3) is 6.08 Å². The van der Waals surface area contributed by atoms with E-state index < -0.39 is 12.6 Å². The van der Waals surface area contributed by atoms with Gasteiger partial charge < -0.3 is 14.6 Å². The van der Waals surface area contributed by atoms with Gasteiger partial charge in [-0.05, 0) is 30.2 Å². The Labute approximate surface area is 157 Å². The molecule has 0 radical (unpaired) electrons. The average molecular weight is 403 g/mol. The quantitative estimate of drug-likeness (QED) is 0.527. The predicted molar refractivity (Wildman–Crippen MR) is 96.4 cm³/mol. The Morgan fingerprint density at radius 1 is 1.42 bits per heavy atom. The van der Waals surface area contributed by atoms with E-state index in [2.05, 4.69) is 4.74 Å². The summed E-state index contributed by atoms with van der Waals surface area (Å²) in [6, 6.07) is 4.38. The van der Waals surface area contributed by atoms with E-state index in [0.29, 0.717) is 14.8 Å². The fourth-order valence-electron chi connectivity index (χ4n) is 2.20. The molecule has 1 saturated heterocycles. The SMILES string of the molecule is COc1ccc(/C=C2\SC(=S)N(CCCC(=O)O)C2=O)cc1OC(F)F. The minimum absolute atomic E-state index is 0.0666. The molecule has 0 aromatic heterocycles. The zero-order chi connectivity index (χ0) is 19.3. The molecular formula is C16H15F2NO5S2. The van der Waals surface area contributed by atoms with Gasteiger partial charge in [0.1, 0.15) is 4.32 Å². The highest BCUT2D eigenvalue weighted by molar-refractivity contribution is 8.26. The highest BCUT2D eigenvalue weighted by Gasteiger charge is 2.31. The number of benzene rings is 1. The molecule has 6 nitrogen and oxygen atoms in total. The van der Waals surface area contributed by atoms with Crippen molar-refractivity contribution in [3.63, 3.8) is 0 Å². The first-order chi connectivity index (χ1) is 12.3. The fourth-order valence-corrected chi connectivity index (χ4v) is 3.51. The molecule has 0 aliphatic carbocycles. The molecule has 0 atom stereocenters. The van der Waals surface area contributed by atoms with Gasteiger partial charge in [-0.25, -0.2) is 0 Å². The first kappa shape index (κ1) is 20.1. The number of ether oxygens (including phenoxy) is 2. The zero-order valence-corrected chi connectivity index (χ0v) is 15.2. The van der Waals surface area contributed by atoms with Crippen LogP contribution in [0.5, 0.6) is 11.5 Å². The monoisotopic (exact) mass is 403 g/mol. The molecule has 0 unspecified atom stereocenters. The molecule has 140 valence electrons. The Kier molecular flexibility index (Phi) is 6.92. The molecule has 1 aliphatic heterocycles. The van der Waals surface area contributed by atoms with Gasteiger partial charge >= 0.3 is 12.6 Å². The van der Waals surface area contributed by atoms with Crippen molar-refractivity contribution in [2.45, 2.75) is 19.5 Å². The maximum Gasteiger partial charge on any atom is 0.387 e. The van der Waals surface area contributed by atoms with Crippen LogP contribution in [0, 0.1) is 0 Å². The topological polar surface area (TPSA) is 76.1 Å². The number of rotatable bonds is 8. The molecule has 10 heteroatoms. The zero-order valence-electron chi connectivity index (χ0n) is 13.6. The van der Waals surface area contributed by atoms with Gasteiger partial charge in [-0.2, -0.15) is 8.78 Å². The Morgan fingerprint density at radius 2 is 2.15 bits per heavy atom. The van der Waals surface area contributed by atoms with Crippen molar-refractivity contribution in [3.05, 3.63) is 28.7 Å². The van der Waals surface area contributed by atoms with Crippen LogP contribution in [0.4, 0.5) is 8.78 Å². The number of carbonyl (C=O) groups is 2. The minimum Gasteiger partial charge on any atom is -0.493 e. The molecule has 2 rings (SSSR count). The van der Waals surface area contributed by atoms with Crippen LogP contribution in [0.15, 0.2) is 23.1 Å². The molecule has 0 bridgehead atoms. The molecule has 0 saturated carbocycles. The lowest BCUT2D eigenvalue weighted by Gasteiger charge is -2.13. The van der Waals surface area contributed by atoms with Crippen LogP contribution in [0.3, 0.4) is 0 Å². The van der Waals surface area contributed by atoms with Crippen molar-refractivity contribution in [3.8, 4) is 11.5 Å². The molecule has 0 spiro atoms. The molecular weight excluding hydrogens is 388 g/mol. The second-order valence-electron chi connectivity index (χ2n) is 5.12. The summed E-state index contributed by atoms with van der Waals surface area (Å²) in [6.07, 6.45) is 1.72. The molecule has 1 N–H and O–H groups in total. The smallest absolute Gasteiger partial charge is 0.387 e. The number of amides is 1. The highest BCUT2D eigenvalue weighted by atomic mass is 32.2. The molecule has 1 amide bonds. The number of carboxylic acid groups (broad SMARTS) is 1. The number of alkyl halides is 2. The highest BCUT2D eigenvalue weighted by Crippen LogP contribution is 2.35. The van der Waals surface area contributed by atoms with Crippen molar-refractivity contribution < 1.29 is 33.0 Å². The van der Waals surface area contributed by atoms with E-state index in [1.54, 1.807) is 6.07 Å². The van der Waals surface area contributed by atoms with Gasteiger partial charge in [-0.1, -0.05) is 30.0 Å². The largest absolute Gasteiger partial charge is 0.493 e. The summed E-state index contributed by atoms with van der Waals surface area (Å²) in [4.78, 5) is 24.6. The number of hydrogen-bond acceptors (Lipinski definition) is 6. The summed E-state index contributed by atoms with van der Waals surface area (Å²) in [5, 5.41) is 8.67. The van der Waals surface area contributed by atoms with Gasteiger partial charge in [0, 0.05) is 13.0 Å². The van der Waals surface area contributed by atoms with Crippen LogP contribution < -0.4 is 9.47 Å².